The lowest BCUT2D eigenvalue weighted by atomic mass is 9.84. The number of piperidine rings is 1. The number of ether oxygens (including phenoxy) is 1. The fourth-order valence-corrected chi connectivity index (χ4v) is 3.58. The van der Waals surface area contributed by atoms with E-state index in [-0.39, 0.29) is 5.75 Å². The molecule has 2 aromatic rings. The third-order valence-corrected chi connectivity index (χ3v) is 5.32. The molecule has 0 saturated carbocycles. The van der Waals surface area contributed by atoms with Crippen LogP contribution in [-0.4, -0.2) is 34.8 Å². The Labute approximate surface area is 157 Å². The Balaban J connectivity index is 1.62. The van der Waals surface area contributed by atoms with Gasteiger partial charge in [-0.3, -0.25) is 4.90 Å². The van der Waals surface area contributed by atoms with Gasteiger partial charge in [0.1, 0.15) is 0 Å². The molecular weight excluding hydrogens is 382 g/mol. The summed E-state index contributed by atoms with van der Waals surface area (Å²) in [5.74, 6) is 0.706. The summed E-state index contributed by atoms with van der Waals surface area (Å²) in [5.41, 5.74) is 1.34. The second-order valence-electron chi connectivity index (χ2n) is 6.55. The third kappa shape index (κ3) is 4.35. The number of aliphatic hydroxyl groups is 1. The smallest absolute Gasteiger partial charge is 0.161 e. The van der Waals surface area contributed by atoms with Crippen LogP contribution in [0.5, 0.6) is 11.5 Å². The molecule has 1 aliphatic rings. The summed E-state index contributed by atoms with van der Waals surface area (Å²) in [4.78, 5) is 2.33. The lowest BCUT2D eigenvalue weighted by Crippen LogP contribution is -2.42. The Hall–Kier alpha value is -1.56. The zero-order chi connectivity index (χ0) is 17.9. The maximum absolute atomic E-state index is 11.0. The molecule has 1 aliphatic heterocycles. The van der Waals surface area contributed by atoms with Crippen molar-refractivity contribution in [2.24, 2.45) is 0 Å². The Kier molecular flexibility index (Phi) is 5.67. The minimum atomic E-state index is -0.747. The highest BCUT2D eigenvalue weighted by Gasteiger charge is 2.33. The molecule has 0 amide bonds. The first-order valence-corrected chi connectivity index (χ1v) is 9.45. The van der Waals surface area contributed by atoms with Gasteiger partial charge in [0, 0.05) is 24.1 Å². The number of phenols is 1. The van der Waals surface area contributed by atoms with Crippen LogP contribution in [0.3, 0.4) is 0 Å². The van der Waals surface area contributed by atoms with Crippen LogP contribution in [0.1, 0.15) is 30.9 Å². The minimum Gasteiger partial charge on any atom is -0.504 e. The molecule has 0 unspecified atom stereocenters. The number of nitrogens with zero attached hydrogens (tertiary/aromatic N) is 1. The molecule has 0 radical (unpaired) electrons. The molecule has 2 aromatic carbocycles. The quantitative estimate of drug-likeness (QED) is 0.787. The van der Waals surface area contributed by atoms with E-state index in [9.17, 15) is 10.2 Å². The molecule has 1 heterocycles. The molecule has 0 spiro atoms. The van der Waals surface area contributed by atoms with E-state index in [1.165, 1.54) is 0 Å². The summed E-state index contributed by atoms with van der Waals surface area (Å²) < 4.78 is 6.48. The van der Waals surface area contributed by atoms with E-state index in [2.05, 4.69) is 20.8 Å². The Bertz CT molecular complexity index is 709. The fraction of sp³-hybridized carbons (Fsp3) is 0.400. The molecule has 4 nitrogen and oxygen atoms in total. The molecule has 0 atom stereocenters. The van der Waals surface area contributed by atoms with Crippen LogP contribution < -0.4 is 4.74 Å². The first-order valence-electron chi connectivity index (χ1n) is 8.65. The summed E-state index contributed by atoms with van der Waals surface area (Å²) in [7, 11) is 0. The Morgan fingerprint density at radius 3 is 2.44 bits per heavy atom. The number of benzene rings is 2. The van der Waals surface area contributed by atoms with Gasteiger partial charge in [-0.2, -0.15) is 0 Å². The average Bonchev–Trinajstić information content (AvgIpc) is 2.61. The molecule has 0 aliphatic carbocycles. The minimum absolute atomic E-state index is 0.175. The van der Waals surface area contributed by atoms with Gasteiger partial charge in [0.2, 0.25) is 0 Å². The number of phenolic OH excluding ortho intramolecular Hbond substituents is 1. The molecule has 1 fully saturated rings. The van der Waals surface area contributed by atoms with Gasteiger partial charge in [-0.25, -0.2) is 0 Å². The number of hydrogen-bond donors (Lipinski definition) is 2. The van der Waals surface area contributed by atoms with Crippen molar-refractivity contribution in [3.8, 4) is 11.5 Å². The maximum atomic E-state index is 11.0. The van der Waals surface area contributed by atoms with Crippen molar-refractivity contribution < 1.29 is 14.9 Å². The predicted molar refractivity (Wildman–Crippen MR) is 102 cm³/mol. The van der Waals surface area contributed by atoms with Gasteiger partial charge < -0.3 is 14.9 Å². The molecule has 1 saturated heterocycles. The van der Waals surface area contributed by atoms with E-state index in [0.717, 1.165) is 35.2 Å². The van der Waals surface area contributed by atoms with Crippen molar-refractivity contribution >= 4 is 15.9 Å². The van der Waals surface area contributed by atoms with Crippen LogP contribution in [0.15, 0.2) is 46.9 Å². The second kappa shape index (κ2) is 7.77. The number of aromatic hydroxyl groups is 1. The SMILES string of the molecule is CCOc1cc(CN2CCC(O)(c3ccc(Br)cc3)CC2)ccc1O. The maximum Gasteiger partial charge on any atom is 0.161 e. The summed E-state index contributed by atoms with van der Waals surface area (Å²) in [6, 6.07) is 13.4. The topological polar surface area (TPSA) is 52.9 Å². The first-order chi connectivity index (χ1) is 12.0. The highest BCUT2D eigenvalue weighted by Crippen LogP contribution is 2.34. The average molecular weight is 406 g/mol. The predicted octanol–water partition coefficient (Wildman–Crippen LogP) is 4.04. The largest absolute Gasteiger partial charge is 0.504 e. The van der Waals surface area contributed by atoms with Gasteiger partial charge in [0.05, 0.1) is 12.2 Å². The monoisotopic (exact) mass is 405 g/mol. The van der Waals surface area contributed by atoms with Gasteiger partial charge >= 0.3 is 0 Å². The van der Waals surface area contributed by atoms with Gasteiger partial charge in [0.25, 0.3) is 0 Å². The van der Waals surface area contributed by atoms with Crippen LogP contribution in [-0.2, 0) is 12.1 Å². The molecule has 134 valence electrons. The number of hydrogen-bond acceptors (Lipinski definition) is 4. The van der Waals surface area contributed by atoms with Crippen LogP contribution >= 0.6 is 15.9 Å². The normalized spacial score (nSPS) is 17.4. The zero-order valence-corrected chi connectivity index (χ0v) is 16.0. The molecular formula is C20H24BrNO3. The van der Waals surface area contributed by atoms with Crippen LogP contribution in [0.4, 0.5) is 0 Å². The van der Waals surface area contributed by atoms with E-state index in [1.807, 2.05) is 43.3 Å². The van der Waals surface area contributed by atoms with Crippen LogP contribution in [0, 0.1) is 0 Å². The highest BCUT2D eigenvalue weighted by atomic mass is 79.9. The van der Waals surface area contributed by atoms with Crippen LogP contribution in [0.25, 0.3) is 0 Å². The summed E-state index contributed by atoms with van der Waals surface area (Å²) in [6.07, 6.45) is 1.43. The number of halogens is 1. The van der Waals surface area contributed by atoms with E-state index in [1.54, 1.807) is 6.07 Å². The van der Waals surface area contributed by atoms with E-state index in [4.69, 9.17) is 4.74 Å². The third-order valence-electron chi connectivity index (χ3n) is 4.80. The standard InChI is InChI=1S/C20H24BrNO3/c1-2-25-19-13-15(3-8-18(19)23)14-22-11-9-20(24,10-12-22)16-4-6-17(21)7-5-16/h3-8,13,23-24H,2,9-12,14H2,1H3. The first kappa shape index (κ1) is 18.2. The van der Waals surface area contributed by atoms with Gasteiger partial charge in [0.15, 0.2) is 11.5 Å². The van der Waals surface area contributed by atoms with Crippen molar-refractivity contribution in [1.29, 1.82) is 0 Å². The van der Waals surface area contributed by atoms with Crippen molar-refractivity contribution in [3.05, 3.63) is 58.1 Å². The molecule has 0 bridgehead atoms. The fourth-order valence-electron chi connectivity index (χ4n) is 3.32. The molecule has 25 heavy (non-hydrogen) atoms. The summed E-state index contributed by atoms with van der Waals surface area (Å²) in [5, 5.41) is 20.8. The highest BCUT2D eigenvalue weighted by molar-refractivity contribution is 9.10. The molecule has 2 N–H and O–H groups in total. The van der Waals surface area contributed by atoms with Crippen molar-refractivity contribution in [1.82, 2.24) is 4.90 Å². The van der Waals surface area contributed by atoms with E-state index < -0.39 is 5.60 Å². The lowest BCUT2D eigenvalue weighted by molar-refractivity contribution is -0.0277. The van der Waals surface area contributed by atoms with E-state index >= 15 is 0 Å². The van der Waals surface area contributed by atoms with Crippen molar-refractivity contribution in [2.75, 3.05) is 19.7 Å². The lowest BCUT2D eigenvalue weighted by Gasteiger charge is -2.38. The van der Waals surface area contributed by atoms with Gasteiger partial charge in [-0.05, 0) is 55.2 Å². The van der Waals surface area contributed by atoms with Crippen molar-refractivity contribution in [2.45, 2.75) is 31.9 Å². The Morgan fingerprint density at radius 1 is 1.12 bits per heavy atom. The van der Waals surface area contributed by atoms with Gasteiger partial charge in [-0.15, -0.1) is 0 Å². The molecule has 3 rings (SSSR count). The summed E-state index contributed by atoms with van der Waals surface area (Å²) >= 11 is 3.44. The summed E-state index contributed by atoms with van der Waals surface area (Å²) in [6.45, 7) is 4.88. The second-order valence-corrected chi connectivity index (χ2v) is 7.47. The van der Waals surface area contributed by atoms with Crippen LogP contribution in [0.2, 0.25) is 0 Å². The van der Waals surface area contributed by atoms with Crippen molar-refractivity contribution in [3.63, 3.8) is 0 Å². The zero-order valence-electron chi connectivity index (χ0n) is 14.4. The number of likely N-dealkylation sites (tertiary alicyclic amines) is 1. The number of rotatable bonds is 5. The van der Waals surface area contributed by atoms with Gasteiger partial charge in [-0.1, -0.05) is 34.1 Å². The molecule has 0 aromatic heterocycles. The Morgan fingerprint density at radius 2 is 1.80 bits per heavy atom. The molecule has 5 heteroatoms. The van der Waals surface area contributed by atoms with E-state index in [0.29, 0.717) is 25.2 Å².